The number of piperidine rings is 1. The topological polar surface area (TPSA) is 36.4 Å². The summed E-state index contributed by atoms with van der Waals surface area (Å²) in [7, 11) is 0. The molecule has 0 bridgehead atoms. The molecule has 0 radical (unpaired) electrons. The van der Waals surface area contributed by atoms with Gasteiger partial charge in [-0.1, -0.05) is 6.07 Å². The predicted molar refractivity (Wildman–Crippen MR) is 65.7 cm³/mol. The lowest BCUT2D eigenvalue weighted by Crippen LogP contribution is -2.41. The molecule has 1 saturated heterocycles. The number of anilines is 1. The standard InChI is InChI=1S/C13H20N2O/c1-11-5-4-8-14-13(11)15-9-3-2-6-12(15)7-10-16/h4-5,8,12,16H,2-3,6-7,9-10H2,1H3. The van der Waals surface area contributed by atoms with Gasteiger partial charge in [0.15, 0.2) is 0 Å². The highest BCUT2D eigenvalue weighted by molar-refractivity contribution is 5.47. The van der Waals surface area contributed by atoms with Gasteiger partial charge in [0, 0.05) is 25.4 Å². The van der Waals surface area contributed by atoms with Crippen molar-refractivity contribution in [2.45, 2.75) is 38.6 Å². The van der Waals surface area contributed by atoms with Crippen LogP contribution in [0.5, 0.6) is 0 Å². The molecule has 0 saturated carbocycles. The molecule has 0 spiro atoms. The van der Waals surface area contributed by atoms with Gasteiger partial charge >= 0.3 is 0 Å². The third kappa shape index (κ3) is 2.35. The fraction of sp³-hybridized carbons (Fsp3) is 0.615. The van der Waals surface area contributed by atoms with Gasteiger partial charge in [-0.3, -0.25) is 0 Å². The Kier molecular flexibility index (Phi) is 3.78. The lowest BCUT2D eigenvalue weighted by molar-refractivity contribution is 0.262. The van der Waals surface area contributed by atoms with Crippen LogP contribution in [0.1, 0.15) is 31.2 Å². The SMILES string of the molecule is Cc1cccnc1N1CCCCC1CCO. The second kappa shape index (κ2) is 5.30. The van der Waals surface area contributed by atoms with E-state index in [9.17, 15) is 0 Å². The van der Waals surface area contributed by atoms with E-state index < -0.39 is 0 Å². The summed E-state index contributed by atoms with van der Waals surface area (Å²) in [6.45, 7) is 3.45. The molecule has 0 amide bonds. The maximum absolute atomic E-state index is 9.11. The summed E-state index contributed by atoms with van der Waals surface area (Å²) in [5.74, 6) is 1.10. The van der Waals surface area contributed by atoms with E-state index in [1.807, 2.05) is 12.3 Å². The van der Waals surface area contributed by atoms with Crippen molar-refractivity contribution < 1.29 is 5.11 Å². The highest BCUT2D eigenvalue weighted by Crippen LogP contribution is 2.26. The van der Waals surface area contributed by atoms with Crippen LogP contribution in [-0.2, 0) is 0 Å². The van der Waals surface area contributed by atoms with Gasteiger partial charge in [0.2, 0.25) is 0 Å². The third-order valence-electron chi connectivity index (χ3n) is 3.34. The van der Waals surface area contributed by atoms with E-state index in [2.05, 4.69) is 22.9 Å². The van der Waals surface area contributed by atoms with Crippen LogP contribution >= 0.6 is 0 Å². The zero-order valence-corrected chi connectivity index (χ0v) is 9.89. The molecule has 1 unspecified atom stereocenters. The molecular weight excluding hydrogens is 200 g/mol. The number of pyridine rings is 1. The quantitative estimate of drug-likeness (QED) is 0.847. The molecule has 3 nitrogen and oxygen atoms in total. The molecule has 0 aromatic carbocycles. The van der Waals surface area contributed by atoms with Crippen molar-refractivity contribution in [1.82, 2.24) is 4.98 Å². The van der Waals surface area contributed by atoms with Gasteiger partial charge in [-0.15, -0.1) is 0 Å². The van der Waals surface area contributed by atoms with Crippen LogP contribution in [0, 0.1) is 6.92 Å². The Morgan fingerprint density at radius 3 is 3.12 bits per heavy atom. The average molecular weight is 220 g/mol. The van der Waals surface area contributed by atoms with E-state index in [0.717, 1.165) is 18.8 Å². The smallest absolute Gasteiger partial charge is 0.131 e. The molecule has 2 rings (SSSR count). The maximum atomic E-state index is 9.11. The monoisotopic (exact) mass is 220 g/mol. The zero-order chi connectivity index (χ0) is 11.4. The van der Waals surface area contributed by atoms with Gasteiger partial charge in [0.1, 0.15) is 5.82 Å². The van der Waals surface area contributed by atoms with Crippen LogP contribution in [0.4, 0.5) is 5.82 Å². The Hall–Kier alpha value is -1.09. The van der Waals surface area contributed by atoms with Gasteiger partial charge in [-0.25, -0.2) is 4.98 Å². The number of hydrogen-bond donors (Lipinski definition) is 1. The Morgan fingerprint density at radius 1 is 1.50 bits per heavy atom. The number of nitrogens with zero attached hydrogens (tertiary/aromatic N) is 2. The zero-order valence-electron chi connectivity index (χ0n) is 9.89. The Bertz CT molecular complexity index is 338. The van der Waals surface area contributed by atoms with Crippen molar-refractivity contribution in [3.8, 4) is 0 Å². The molecule has 1 aromatic rings. The number of aromatic nitrogens is 1. The summed E-state index contributed by atoms with van der Waals surface area (Å²) in [6, 6.07) is 4.55. The van der Waals surface area contributed by atoms with Crippen molar-refractivity contribution >= 4 is 5.82 Å². The minimum absolute atomic E-state index is 0.271. The molecule has 0 aliphatic carbocycles. The first kappa shape index (κ1) is 11.4. The van der Waals surface area contributed by atoms with E-state index in [-0.39, 0.29) is 6.61 Å². The van der Waals surface area contributed by atoms with Crippen LogP contribution in [-0.4, -0.2) is 29.3 Å². The molecule has 16 heavy (non-hydrogen) atoms. The van der Waals surface area contributed by atoms with Crippen molar-refractivity contribution in [3.05, 3.63) is 23.9 Å². The van der Waals surface area contributed by atoms with Gasteiger partial charge in [-0.2, -0.15) is 0 Å². The second-order valence-electron chi connectivity index (χ2n) is 4.50. The molecule has 1 aliphatic rings. The fourth-order valence-corrected chi connectivity index (χ4v) is 2.51. The fourth-order valence-electron chi connectivity index (χ4n) is 2.51. The summed E-state index contributed by atoms with van der Waals surface area (Å²) in [6.07, 6.45) is 6.39. The van der Waals surface area contributed by atoms with Gasteiger partial charge in [-0.05, 0) is 44.2 Å². The molecule has 88 valence electrons. The van der Waals surface area contributed by atoms with E-state index in [0.29, 0.717) is 6.04 Å². The summed E-state index contributed by atoms with van der Waals surface area (Å²) in [5.41, 5.74) is 1.23. The molecule has 1 atom stereocenters. The number of rotatable bonds is 3. The third-order valence-corrected chi connectivity index (χ3v) is 3.34. The van der Waals surface area contributed by atoms with Crippen molar-refractivity contribution in [2.24, 2.45) is 0 Å². The summed E-state index contributed by atoms with van der Waals surface area (Å²) >= 11 is 0. The summed E-state index contributed by atoms with van der Waals surface area (Å²) in [4.78, 5) is 6.85. The lowest BCUT2D eigenvalue weighted by atomic mass is 9.99. The Balaban J connectivity index is 2.19. The molecule has 1 N–H and O–H groups in total. The summed E-state index contributed by atoms with van der Waals surface area (Å²) < 4.78 is 0. The first-order valence-electron chi connectivity index (χ1n) is 6.12. The molecule has 3 heteroatoms. The van der Waals surface area contributed by atoms with Crippen molar-refractivity contribution in [2.75, 3.05) is 18.1 Å². The van der Waals surface area contributed by atoms with Crippen LogP contribution in [0.15, 0.2) is 18.3 Å². The Morgan fingerprint density at radius 2 is 2.38 bits per heavy atom. The van der Waals surface area contributed by atoms with Crippen molar-refractivity contribution in [1.29, 1.82) is 0 Å². The molecular formula is C13H20N2O. The molecule has 1 aromatic heterocycles. The maximum Gasteiger partial charge on any atom is 0.131 e. The van der Waals surface area contributed by atoms with E-state index in [4.69, 9.17) is 5.11 Å². The minimum Gasteiger partial charge on any atom is -0.396 e. The Labute approximate surface area is 97.1 Å². The lowest BCUT2D eigenvalue weighted by Gasteiger charge is -2.37. The van der Waals surface area contributed by atoms with Crippen LogP contribution in [0.2, 0.25) is 0 Å². The largest absolute Gasteiger partial charge is 0.396 e. The molecule has 2 heterocycles. The van der Waals surface area contributed by atoms with E-state index >= 15 is 0 Å². The number of hydrogen-bond acceptors (Lipinski definition) is 3. The first-order valence-corrected chi connectivity index (χ1v) is 6.12. The minimum atomic E-state index is 0.271. The van der Waals surface area contributed by atoms with Crippen molar-refractivity contribution in [3.63, 3.8) is 0 Å². The normalized spacial score (nSPS) is 21.1. The molecule has 1 fully saturated rings. The number of aliphatic hydroxyl groups is 1. The number of aryl methyl sites for hydroxylation is 1. The van der Waals surface area contributed by atoms with E-state index in [1.54, 1.807) is 0 Å². The van der Waals surface area contributed by atoms with Crippen LogP contribution < -0.4 is 4.90 Å². The predicted octanol–water partition coefficient (Wildman–Crippen LogP) is 2.13. The number of aliphatic hydroxyl groups excluding tert-OH is 1. The second-order valence-corrected chi connectivity index (χ2v) is 4.50. The highest BCUT2D eigenvalue weighted by atomic mass is 16.3. The summed E-state index contributed by atoms with van der Waals surface area (Å²) in [5, 5.41) is 9.11. The van der Waals surface area contributed by atoms with Crippen LogP contribution in [0.25, 0.3) is 0 Å². The van der Waals surface area contributed by atoms with Gasteiger partial charge in [0.05, 0.1) is 0 Å². The van der Waals surface area contributed by atoms with E-state index in [1.165, 1.54) is 24.8 Å². The van der Waals surface area contributed by atoms with Gasteiger partial charge < -0.3 is 10.0 Å². The van der Waals surface area contributed by atoms with Gasteiger partial charge in [0.25, 0.3) is 0 Å². The molecule has 1 aliphatic heterocycles. The van der Waals surface area contributed by atoms with Crippen LogP contribution in [0.3, 0.4) is 0 Å². The first-order chi connectivity index (χ1) is 7.83. The average Bonchev–Trinajstić information content (AvgIpc) is 2.31. The highest BCUT2D eigenvalue weighted by Gasteiger charge is 2.23.